The smallest absolute Gasteiger partial charge is 0.236 e. The molecule has 0 saturated carbocycles. The molecule has 2 atom stereocenters. The SMILES string of the molecule is CCNC(=O)C(C)NC(CC)c1ccc(F)cc1. The van der Waals surface area contributed by atoms with Gasteiger partial charge in [0.05, 0.1) is 6.04 Å². The number of amides is 1. The summed E-state index contributed by atoms with van der Waals surface area (Å²) < 4.78 is 12.9. The van der Waals surface area contributed by atoms with Crippen LogP contribution in [0.2, 0.25) is 0 Å². The van der Waals surface area contributed by atoms with Gasteiger partial charge < -0.3 is 5.32 Å². The van der Waals surface area contributed by atoms with Gasteiger partial charge in [-0.25, -0.2) is 4.39 Å². The molecule has 18 heavy (non-hydrogen) atoms. The molecule has 1 aromatic carbocycles. The van der Waals surface area contributed by atoms with E-state index < -0.39 is 0 Å². The van der Waals surface area contributed by atoms with Gasteiger partial charge in [0, 0.05) is 12.6 Å². The fourth-order valence-electron chi connectivity index (χ4n) is 1.85. The first kappa shape index (κ1) is 14.6. The molecule has 4 heteroatoms. The lowest BCUT2D eigenvalue weighted by Crippen LogP contribution is -2.43. The molecule has 1 amide bonds. The van der Waals surface area contributed by atoms with Crippen molar-refractivity contribution in [1.82, 2.24) is 10.6 Å². The molecule has 0 aliphatic heterocycles. The molecule has 0 aromatic heterocycles. The second-order valence-electron chi connectivity index (χ2n) is 4.30. The molecule has 100 valence electrons. The molecular formula is C14H21FN2O. The standard InChI is InChI=1S/C14H21FN2O/c1-4-13(11-6-8-12(15)9-7-11)17-10(3)14(18)16-5-2/h6-10,13,17H,4-5H2,1-3H3,(H,16,18). The van der Waals surface area contributed by atoms with E-state index in [-0.39, 0.29) is 23.8 Å². The average molecular weight is 252 g/mol. The van der Waals surface area contributed by atoms with E-state index >= 15 is 0 Å². The summed E-state index contributed by atoms with van der Waals surface area (Å²) in [6, 6.07) is 6.18. The van der Waals surface area contributed by atoms with Gasteiger partial charge in [-0.1, -0.05) is 19.1 Å². The maximum absolute atomic E-state index is 12.9. The molecular weight excluding hydrogens is 231 g/mol. The molecule has 0 heterocycles. The minimum Gasteiger partial charge on any atom is -0.355 e. The molecule has 0 bridgehead atoms. The van der Waals surface area contributed by atoms with Crippen LogP contribution in [-0.4, -0.2) is 18.5 Å². The quantitative estimate of drug-likeness (QED) is 0.816. The number of benzene rings is 1. The Bertz CT molecular complexity index is 378. The van der Waals surface area contributed by atoms with Crippen molar-refractivity contribution in [2.75, 3.05) is 6.54 Å². The minimum atomic E-state index is -0.264. The summed E-state index contributed by atoms with van der Waals surface area (Å²) in [4.78, 5) is 11.6. The highest BCUT2D eigenvalue weighted by Crippen LogP contribution is 2.17. The van der Waals surface area contributed by atoms with Gasteiger partial charge in [-0.2, -0.15) is 0 Å². The van der Waals surface area contributed by atoms with Crippen LogP contribution in [0.5, 0.6) is 0 Å². The Kier molecular flexibility index (Phi) is 5.78. The summed E-state index contributed by atoms with van der Waals surface area (Å²) in [6.45, 7) is 6.38. The van der Waals surface area contributed by atoms with Gasteiger partial charge in [0.1, 0.15) is 5.82 Å². The second-order valence-corrected chi connectivity index (χ2v) is 4.30. The van der Waals surface area contributed by atoms with E-state index in [0.29, 0.717) is 6.54 Å². The number of nitrogens with one attached hydrogen (secondary N) is 2. The topological polar surface area (TPSA) is 41.1 Å². The molecule has 2 unspecified atom stereocenters. The third kappa shape index (κ3) is 4.11. The van der Waals surface area contributed by atoms with Crippen molar-refractivity contribution in [3.05, 3.63) is 35.6 Å². The third-order valence-electron chi connectivity index (χ3n) is 2.88. The lowest BCUT2D eigenvalue weighted by molar-refractivity contribution is -0.122. The monoisotopic (exact) mass is 252 g/mol. The van der Waals surface area contributed by atoms with Crippen LogP contribution in [-0.2, 0) is 4.79 Å². The van der Waals surface area contributed by atoms with Crippen LogP contribution in [0.15, 0.2) is 24.3 Å². The first-order chi connectivity index (χ1) is 8.58. The molecule has 0 spiro atoms. The number of hydrogen-bond donors (Lipinski definition) is 2. The Hall–Kier alpha value is -1.42. The number of carbonyl (C=O) groups is 1. The molecule has 0 aliphatic carbocycles. The van der Waals surface area contributed by atoms with E-state index in [1.807, 2.05) is 20.8 Å². The zero-order chi connectivity index (χ0) is 13.5. The number of likely N-dealkylation sites (N-methyl/N-ethyl adjacent to an activating group) is 1. The van der Waals surface area contributed by atoms with Gasteiger partial charge in [0.25, 0.3) is 0 Å². The summed E-state index contributed by atoms with van der Waals surface area (Å²) in [5.74, 6) is -0.261. The molecule has 3 nitrogen and oxygen atoms in total. The van der Waals surface area contributed by atoms with Gasteiger partial charge in [0.2, 0.25) is 5.91 Å². The normalized spacial score (nSPS) is 14.0. The van der Waals surface area contributed by atoms with Crippen molar-refractivity contribution in [3.63, 3.8) is 0 Å². The van der Waals surface area contributed by atoms with E-state index in [1.165, 1.54) is 12.1 Å². The van der Waals surface area contributed by atoms with Crippen LogP contribution >= 0.6 is 0 Å². The predicted octanol–water partition coefficient (Wildman–Crippen LogP) is 2.39. The largest absolute Gasteiger partial charge is 0.355 e. The van der Waals surface area contributed by atoms with Gasteiger partial charge >= 0.3 is 0 Å². The van der Waals surface area contributed by atoms with Crippen molar-refractivity contribution in [3.8, 4) is 0 Å². The molecule has 0 fully saturated rings. The Morgan fingerprint density at radius 3 is 2.39 bits per heavy atom. The van der Waals surface area contributed by atoms with Crippen molar-refractivity contribution >= 4 is 5.91 Å². The number of hydrogen-bond acceptors (Lipinski definition) is 2. The van der Waals surface area contributed by atoms with Crippen LogP contribution in [0.3, 0.4) is 0 Å². The van der Waals surface area contributed by atoms with Gasteiger partial charge in [-0.15, -0.1) is 0 Å². The van der Waals surface area contributed by atoms with E-state index in [2.05, 4.69) is 10.6 Å². The van der Waals surface area contributed by atoms with Crippen LogP contribution in [0, 0.1) is 5.82 Å². The summed E-state index contributed by atoms with van der Waals surface area (Å²) >= 11 is 0. The van der Waals surface area contributed by atoms with E-state index in [9.17, 15) is 9.18 Å². The van der Waals surface area contributed by atoms with Gasteiger partial charge in [-0.05, 0) is 38.0 Å². The highest BCUT2D eigenvalue weighted by molar-refractivity contribution is 5.81. The molecule has 0 radical (unpaired) electrons. The lowest BCUT2D eigenvalue weighted by Gasteiger charge is -2.22. The van der Waals surface area contributed by atoms with Crippen LogP contribution in [0.1, 0.15) is 38.8 Å². The van der Waals surface area contributed by atoms with Crippen molar-refractivity contribution in [1.29, 1.82) is 0 Å². The Balaban J connectivity index is 2.67. The highest BCUT2D eigenvalue weighted by Gasteiger charge is 2.17. The molecule has 2 N–H and O–H groups in total. The zero-order valence-electron chi connectivity index (χ0n) is 11.2. The third-order valence-corrected chi connectivity index (χ3v) is 2.88. The average Bonchev–Trinajstić information content (AvgIpc) is 2.37. The summed E-state index contributed by atoms with van der Waals surface area (Å²) in [6.07, 6.45) is 0.843. The van der Waals surface area contributed by atoms with E-state index in [4.69, 9.17) is 0 Å². The molecule has 0 aliphatic rings. The Morgan fingerprint density at radius 2 is 1.89 bits per heavy atom. The van der Waals surface area contributed by atoms with Crippen molar-refractivity contribution in [2.24, 2.45) is 0 Å². The fraction of sp³-hybridized carbons (Fsp3) is 0.500. The molecule has 1 rings (SSSR count). The first-order valence-electron chi connectivity index (χ1n) is 6.37. The van der Waals surface area contributed by atoms with Crippen molar-refractivity contribution < 1.29 is 9.18 Å². The maximum Gasteiger partial charge on any atom is 0.236 e. The maximum atomic E-state index is 12.9. The summed E-state index contributed by atoms with van der Waals surface area (Å²) in [5.41, 5.74) is 0.995. The number of halogens is 1. The van der Waals surface area contributed by atoms with E-state index in [0.717, 1.165) is 12.0 Å². The molecule has 1 aromatic rings. The Labute approximate surface area is 108 Å². The summed E-state index contributed by atoms with van der Waals surface area (Å²) in [7, 11) is 0. The zero-order valence-corrected chi connectivity index (χ0v) is 11.2. The first-order valence-corrected chi connectivity index (χ1v) is 6.37. The van der Waals surface area contributed by atoms with Crippen molar-refractivity contribution in [2.45, 2.75) is 39.3 Å². The second kappa shape index (κ2) is 7.11. The van der Waals surface area contributed by atoms with Crippen LogP contribution < -0.4 is 10.6 Å². The fourth-order valence-corrected chi connectivity index (χ4v) is 1.85. The summed E-state index contributed by atoms with van der Waals surface area (Å²) in [5, 5.41) is 6.03. The Morgan fingerprint density at radius 1 is 1.28 bits per heavy atom. The predicted molar refractivity (Wildman–Crippen MR) is 70.7 cm³/mol. The van der Waals surface area contributed by atoms with Gasteiger partial charge in [0.15, 0.2) is 0 Å². The number of carbonyl (C=O) groups excluding carboxylic acids is 1. The van der Waals surface area contributed by atoms with Crippen LogP contribution in [0.4, 0.5) is 4.39 Å². The molecule has 0 saturated heterocycles. The van der Waals surface area contributed by atoms with E-state index in [1.54, 1.807) is 12.1 Å². The van der Waals surface area contributed by atoms with Crippen LogP contribution in [0.25, 0.3) is 0 Å². The minimum absolute atomic E-state index is 0.0157. The number of rotatable bonds is 6. The lowest BCUT2D eigenvalue weighted by atomic mass is 10.0. The van der Waals surface area contributed by atoms with Gasteiger partial charge in [-0.3, -0.25) is 10.1 Å². The highest BCUT2D eigenvalue weighted by atomic mass is 19.1.